The van der Waals surface area contributed by atoms with Crippen LogP contribution in [0.15, 0.2) is 27.8 Å². The molecule has 0 fully saturated rings. The maximum absolute atomic E-state index is 11.3. The maximum Gasteiger partial charge on any atom is 0.257 e. The van der Waals surface area contributed by atoms with Gasteiger partial charge < -0.3 is 15.5 Å². The van der Waals surface area contributed by atoms with Gasteiger partial charge in [0.05, 0.1) is 11.8 Å². The van der Waals surface area contributed by atoms with E-state index in [2.05, 4.69) is 10.3 Å². The van der Waals surface area contributed by atoms with Gasteiger partial charge in [0.25, 0.3) is 5.22 Å². The minimum Gasteiger partial charge on any atom is -0.431 e. The van der Waals surface area contributed by atoms with E-state index in [-0.39, 0.29) is 18.2 Å². The minimum absolute atomic E-state index is 0.00346. The average molecular weight is 262 g/mol. The van der Waals surface area contributed by atoms with Crippen molar-refractivity contribution in [3.63, 3.8) is 0 Å². The minimum atomic E-state index is -0.233. The quantitative estimate of drug-likeness (QED) is 0.486. The number of fused-ring (bicyclic) bond motifs is 1. The van der Waals surface area contributed by atoms with Gasteiger partial charge in [-0.3, -0.25) is 4.79 Å². The van der Waals surface area contributed by atoms with Gasteiger partial charge in [-0.2, -0.15) is 5.26 Å². The summed E-state index contributed by atoms with van der Waals surface area (Å²) in [4.78, 5) is 15.5. The molecule has 3 N–H and O–H groups in total. The highest BCUT2D eigenvalue weighted by Crippen LogP contribution is 2.24. The number of benzene rings is 1. The molecule has 1 aromatic heterocycles. The number of nitriles is 1. The summed E-state index contributed by atoms with van der Waals surface area (Å²) >= 11 is 1.17. The van der Waals surface area contributed by atoms with E-state index in [0.29, 0.717) is 22.0 Å². The second kappa shape index (κ2) is 5.42. The first-order valence-corrected chi connectivity index (χ1v) is 6.10. The molecule has 92 valence electrons. The standard InChI is InChI=1S/C11H10N4O2S/c12-3-4-14-10(16)6-18-11-15-8-5-7(13)1-2-9(8)17-11/h1-2,5H,4,6,13H2,(H,14,16). The molecule has 0 bridgehead atoms. The van der Waals surface area contributed by atoms with Crippen LogP contribution in [0, 0.1) is 11.3 Å². The van der Waals surface area contributed by atoms with Crippen LogP contribution in [0.3, 0.4) is 0 Å². The third-order valence-electron chi connectivity index (χ3n) is 2.08. The van der Waals surface area contributed by atoms with E-state index in [0.717, 1.165) is 0 Å². The van der Waals surface area contributed by atoms with Crippen molar-refractivity contribution in [3.05, 3.63) is 18.2 Å². The molecule has 0 atom stereocenters. The summed E-state index contributed by atoms with van der Waals surface area (Å²) in [6.45, 7) is 0.00346. The molecule has 0 spiro atoms. The Bertz CT molecular complexity index is 617. The van der Waals surface area contributed by atoms with Crippen LogP contribution in [0.2, 0.25) is 0 Å². The number of thioether (sulfide) groups is 1. The van der Waals surface area contributed by atoms with E-state index < -0.39 is 0 Å². The zero-order valence-electron chi connectivity index (χ0n) is 9.34. The highest BCUT2D eigenvalue weighted by molar-refractivity contribution is 7.99. The van der Waals surface area contributed by atoms with Crippen molar-refractivity contribution in [2.24, 2.45) is 0 Å². The second-order valence-corrected chi connectivity index (χ2v) is 4.36. The van der Waals surface area contributed by atoms with Gasteiger partial charge in [0, 0.05) is 5.69 Å². The van der Waals surface area contributed by atoms with Crippen molar-refractivity contribution in [3.8, 4) is 6.07 Å². The zero-order chi connectivity index (χ0) is 13.0. The molecule has 0 aliphatic rings. The fourth-order valence-electron chi connectivity index (χ4n) is 1.30. The van der Waals surface area contributed by atoms with Gasteiger partial charge in [-0.1, -0.05) is 11.8 Å². The molecule has 6 nitrogen and oxygen atoms in total. The van der Waals surface area contributed by atoms with Crippen LogP contribution in [-0.2, 0) is 4.79 Å². The van der Waals surface area contributed by atoms with Gasteiger partial charge in [-0.05, 0) is 18.2 Å². The van der Waals surface area contributed by atoms with Crippen molar-refractivity contribution in [2.75, 3.05) is 18.0 Å². The molecular weight excluding hydrogens is 252 g/mol. The number of rotatable bonds is 4. The SMILES string of the molecule is N#CCNC(=O)CSc1nc2cc(N)ccc2o1. The number of anilines is 1. The van der Waals surface area contributed by atoms with Crippen LogP contribution in [0.5, 0.6) is 0 Å². The van der Waals surface area contributed by atoms with Gasteiger partial charge in [0.2, 0.25) is 5.91 Å². The Labute approximate surface area is 107 Å². The molecule has 2 aromatic rings. The summed E-state index contributed by atoms with van der Waals surface area (Å²) in [6, 6.07) is 6.99. The number of hydrogen-bond acceptors (Lipinski definition) is 6. The van der Waals surface area contributed by atoms with Crippen LogP contribution >= 0.6 is 11.8 Å². The highest BCUT2D eigenvalue weighted by Gasteiger charge is 2.09. The summed E-state index contributed by atoms with van der Waals surface area (Å²) < 4.78 is 5.43. The highest BCUT2D eigenvalue weighted by atomic mass is 32.2. The number of oxazole rings is 1. The summed E-state index contributed by atoms with van der Waals surface area (Å²) in [6.07, 6.45) is 0. The van der Waals surface area contributed by atoms with E-state index in [1.165, 1.54) is 11.8 Å². The maximum atomic E-state index is 11.3. The largest absolute Gasteiger partial charge is 0.431 e. The number of amides is 1. The number of nitrogens with one attached hydrogen (secondary N) is 1. The second-order valence-electron chi connectivity index (χ2n) is 3.43. The first-order valence-electron chi connectivity index (χ1n) is 5.11. The lowest BCUT2D eigenvalue weighted by Gasteiger charge is -1.97. The van der Waals surface area contributed by atoms with Gasteiger partial charge in [0.1, 0.15) is 12.1 Å². The van der Waals surface area contributed by atoms with Gasteiger partial charge >= 0.3 is 0 Å². The average Bonchev–Trinajstić information content (AvgIpc) is 2.75. The summed E-state index contributed by atoms with van der Waals surface area (Å²) in [5.41, 5.74) is 7.53. The summed E-state index contributed by atoms with van der Waals surface area (Å²) in [5.74, 6) is -0.0763. The number of carbonyl (C=O) groups excluding carboxylic acids is 1. The molecule has 2 rings (SSSR count). The van der Waals surface area contributed by atoms with Gasteiger partial charge in [-0.15, -0.1) is 0 Å². The van der Waals surface area contributed by atoms with E-state index >= 15 is 0 Å². The van der Waals surface area contributed by atoms with Crippen molar-refractivity contribution >= 4 is 34.5 Å². The predicted molar refractivity (Wildman–Crippen MR) is 67.8 cm³/mol. The molecule has 1 aromatic carbocycles. The van der Waals surface area contributed by atoms with Crippen molar-refractivity contribution in [1.82, 2.24) is 10.3 Å². The number of aromatic nitrogens is 1. The predicted octanol–water partition coefficient (Wildman–Crippen LogP) is 1.14. The van der Waals surface area contributed by atoms with Crippen molar-refractivity contribution in [2.45, 2.75) is 5.22 Å². The topological polar surface area (TPSA) is 105 Å². The molecule has 1 heterocycles. The Kier molecular flexibility index (Phi) is 3.69. The van der Waals surface area contributed by atoms with Crippen LogP contribution < -0.4 is 11.1 Å². The summed E-state index contributed by atoms with van der Waals surface area (Å²) in [5, 5.41) is 11.1. The Morgan fingerprint density at radius 2 is 2.44 bits per heavy atom. The molecule has 0 saturated heterocycles. The molecule has 0 radical (unpaired) electrons. The molecule has 18 heavy (non-hydrogen) atoms. The fraction of sp³-hybridized carbons (Fsp3) is 0.182. The van der Waals surface area contributed by atoms with Crippen LogP contribution in [0.4, 0.5) is 5.69 Å². The zero-order valence-corrected chi connectivity index (χ0v) is 10.2. The lowest BCUT2D eigenvalue weighted by Crippen LogP contribution is -2.25. The molecule has 0 aliphatic heterocycles. The van der Waals surface area contributed by atoms with E-state index in [1.54, 1.807) is 18.2 Å². The van der Waals surface area contributed by atoms with E-state index in [4.69, 9.17) is 15.4 Å². The number of carbonyl (C=O) groups is 1. The monoisotopic (exact) mass is 262 g/mol. The lowest BCUT2D eigenvalue weighted by atomic mass is 10.3. The van der Waals surface area contributed by atoms with Crippen LogP contribution in [-0.4, -0.2) is 23.2 Å². The molecule has 1 amide bonds. The Hall–Kier alpha value is -2.20. The number of nitrogens with two attached hydrogens (primary N) is 1. The summed E-state index contributed by atoms with van der Waals surface area (Å²) in [7, 11) is 0. The van der Waals surface area contributed by atoms with E-state index in [9.17, 15) is 4.79 Å². The molecule has 0 unspecified atom stereocenters. The Morgan fingerprint density at radius 1 is 1.61 bits per heavy atom. The molecule has 0 aliphatic carbocycles. The third-order valence-corrected chi connectivity index (χ3v) is 2.91. The van der Waals surface area contributed by atoms with E-state index in [1.807, 2.05) is 6.07 Å². The van der Waals surface area contributed by atoms with Crippen molar-refractivity contribution < 1.29 is 9.21 Å². The third kappa shape index (κ3) is 2.93. The lowest BCUT2D eigenvalue weighted by molar-refractivity contribution is -0.118. The molecule has 7 heteroatoms. The molecule has 0 saturated carbocycles. The number of nitrogens with zero attached hydrogens (tertiary/aromatic N) is 2. The smallest absolute Gasteiger partial charge is 0.257 e. The fourth-order valence-corrected chi connectivity index (χ4v) is 1.97. The Morgan fingerprint density at radius 3 is 3.22 bits per heavy atom. The van der Waals surface area contributed by atoms with Crippen LogP contribution in [0.25, 0.3) is 11.1 Å². The number of nitrogen functional groups attached to an aromatic ring is 1. The Balaban J connectivity index is 2.00. The first-order chi connectivity index (χ1) is 8.69. The van der Waals surface area contributed by atoms with Gasteiger partial charge in [0.15, 0.2) is 5.58 Å². The normalized spacial score (nSPS) is 10.2. The van der Waals surface area contributed by atoms with Crippen LogP contribution in [0.1, 0.15) is 0 Å². The first kappa shape index (κ1) is 12.3. The van der Waals surface area contributed by atoms with Gasteiger partial charge in [-0.25, -0.2) is 4.98 Å². The molecular formula is C11H10N4O2S. The number of hydrogen-bond donors (Lipinski definition) is 2. The van der Waals surface area contributed by atoms with Crippen molar-refractivity contribution in [1.29, 1.82) is 5.26 Å².